The van der Waals surface area contributed by atoms with Gasteiger partial charge in [0.15, 0.2) is 5.11 Å². The minimum Gasteiger partial charge on any atom is -0.376 e. The number of para-hydroxylation sites is 1. The molecule has 1 fully saturated rings. The molecule has 4 rings (SSSR count). The molecule has 0 amide bonds. The Kier molecular flexibility index (Phi) is 6.99. The number of benzene rings is 2. The molecule has 1 aliphatic heterocycles. The van der Waals surface area contributed by atoms with Crippen LogP contribution in [-0.4, -0.2) is 40.8 Å². The van der Waals surface area contributed by atoms with E-state index in [1.807, 2.05) is 49.4 Å². The van der Waals surface area contributed by atoms with Crippen LogP contribution in [0.3, 0.4) is 0 Å². The van der Waals surface area contributed by atoms with Crippen molar-refractivity contribution in [1.29, 1.82) is 0 Å². The molecule has 0 unspecified atom stereocenters. The van der Waals surface area contributed by atoms with Gasteiger partial charge in [0.05, 0.1) is 18.2 Å². The molecule has 2 N–H and O–H groups in total. The van der Waals surface area contributed by atoms with E-state index in [-0.39, 0.29) is 11.7 Å². The molecule has 162 valence electrons. The molecule has 0 aliphatic carbocycles. The van der Waals surface area contributed by atoms with Gasteiger partial charge in [-0.3, -0.25) is 4.79 Å². The van der Waals surface area contributed by atoms with Crippen LogP contribution in [0.15, 0.2) is 59.4 Å². The second-order valence-electron chi connectivity index (χ2n) is 8.15. The number of rotatable bonds is 7. The summed E-state index contributed by atoms with van der Waals surface area (Å²) < 4.78 is 5.85. The van der Waals surface area contributed by atoms with Gasteiger partial charge >= 0.3 is 0 Å². The molecule has 0 saturated carbocycles. The smallest absolute Gasteiger partial charge is 0.253 e. The maximum atomic E-state index is 12.8. The third-order valence-electron chi connectivity index (χ3n) is 5.79. The highest BCUT2D eigenvalue weighted by Gasteiger charge is 2.22. The SMILES string of the molecule is Cc1cccc2cc(CN(C[C@@H]3CCCO3)C(=S)NCCc3ccccc3)c(=O)[nH]c12. The van der Waals surface area contributed by atoms with Gasteiger partial charge in [-0.25, -0.2) is 0 Å². The molecule has 31 heavy (non-hydrogen) atoms. The molecule has 0 spiro atoms. The molecule has 2 heterocycles. The largest absolute Gasteiger partial charge is 0.376 e. The van der Waals surface area contributed by atoms with Crippen LogP contribution >= 0.6 is 12.2 Å². The van der Waals surface area contributed by atoms with E-state index >= 15 is 0 Å². The highest BCUT2D eigenvalue weighted by molar-refractivity contribution is 7.80. The number of thiocarbonyl (C=S) groups is 1. The molecular formula is C25H29N3O2S. The number of nitrogens with one attached hydrogen (secondary N) is 2. The van der Waals surface area contributed by atoms with Crippen LogP contribution in [0.1, 0.15) is 29.5 Å². The fraction of sp³-hybridized carbons (Fsp3) is 0.360. The molecule has 1 aromatic heterocycles. The molecule has 6 heteroatoms. The number of aryl methyl sites for hydroxylation is 1. The Hall–Kier alpha value is -2.70. The second-order valence-corrected chi connectivity index (χ2v) is 8.53. The van der Waals surface area contributed by atoms with E-state index in [2.05, 4.69) is 27.3 Å². The third-order valence-corrected chi connectivity index (χ3v) is 6.20. The number of ether oxygens (including phenoxy) is 1. The predicted molar refractivity (Wildman–Crippen MR) is 129 cm³/mol. The first kappa shape index (κ1) is 21.5. The van der Waals surface area contributed by atoms with Crippen LogP contribution < -0.4 is 10.9 Å². The van der Waals surface area contributed by atoms with Gasteiger partial charge in [-0.15, -0.1) is 0 Å². The molecule has 5 nitrogen and oxygen atoms in total. The number of H-pyrrole nitrogens is 1. The van der Waals surface area contributed by atoms with Crippen molar-refractivity contribution in [3.8, 4) is 0 Å². The Labute approximate surface area is 188 Å². The van der Waals surface area contributed by atoms with E-state index in [4.69, 9.17) is 17.0 Å². The molecule has 3 aromatic rings. The monoisotopic (exact) mass is 435 g/mol. The summed E-state index contributed by atoms with van der Waals surface area (Å²) in [5.41, 5.74) is 3.88. The van der Waals surface area contributed by atoms with E-state index in [9.17, 15) is 4.79 Å². The van der Waals surface area contributed by atoms with Crippen molar-refractivity contribution in [2.45, 2.75) is 38.8 Å². The average Bonchev–Trinajstić information content (AvgIpc) is 3.28. The Morgan fingerprint density at radius 1 is 1.23 bits per heavy atom. The number of hydrogen-bond acceptors (Lipinski definition) is 3. The molecule has 1 saturated heterocycles. The Morgan fingerprint density at radius 2 is 2.06 bits per heavy atom. The molecule has 1 aliphatic rings. The summed E-state index contributed by atoms with van der Waals surface area (Å²) in [6.07, 6.45) is 3.14. The van der Waals surface area contributed by atoms with Gasteiger partial charge < -0.3 is 19.9 Å². The highest BCUT2D eigenvalue weighted by atomic mass is 32.1. The minimum atomic E-state index is -0.0637. The number of nitrogens with zero attached hydrogens (tertiary/aromatic N) is 1. The maximum Gasteiger partial charge on any atom is 0.253 e. The number of hydrogen-bond donors (Lipinski definition) is 2. The lowest BCUT2D eigenvalue weighted by molar-refractivity contribution is 0.0897. The van der Waals surface area contributed by atoms with Crippen molar-refractivity contribution in [3.05, 3.63) is 81.6 Å². The van der Waals surface area contributed by atoms with Crippen molar-refractivity contribution in [1.82, 2.24) is 15.2 Å². The maximum absolute atomic E-state index is 12.8. The summed E-state index contributed by atoms with van der Waals surface area (Å²) >= 11 is 5.73. The van der Waals surface area contributed by atoms with Gasteiger partial charge in [-0.1, -0.05) is 48.5 Å². The highest BCUT2D eigenvalue weighted by Crippen LogP contribution is 2.18. The fourth-order valence-corrected chi connectivity index (χ4v) is 4.32. The van der Waals surface area contributed by atoms with Crippen LogP contribution in [0.5, 0.6) is 0 Å². The van der Waals surface area contributed by atoms with E-state index in [0.717, 1.165) is 48.9 Å². The van der Waals surface area contributed by atoms with E-state index in [0.29, 0.717) is 23.8 Å². The van der Waals surface area contributed by atoms with Crippen LogP contribution in [-0.2, 0) is 17.7 Å². The molecule has 0 bridgehead atoms. The zero-order valence-electron chi connectivity index (χ0n) is 17.9. The Bertz CT molecular complexity index is 1090. The van der Waals surface area contributed by atoms with Gasteiger partial charge in [0.1, 0.15) is 0 Å². The summed E-state index contributed by atoms with van der Waals surface area (Å²) in [6, 6.07) is 18.4. The lowest BCUT2D eigenvalue weighted by Crippen LogP contribution is -2.44. The molecular weight excluding hydrogens is 406 g/mol. The molecule has 1 atom stereocenters. The first-order chi connectivity index (χ1) is 15.1. The lowest BCUT2D eigenvalue weighted by Gasteiger charge is -2.28. The molecule has 0 radical (unpaired) electrons. The summed E-state index contributed by atoms with van der Waals surface area (Å²) in [7, 11) is 0. The van der Waals surface area contributed by atoms with Crippen LogP contribution in [0.2, 0.25) is 0 Å². The summed E-state index contributed by atoms with van der Waals surface area (Å²) in [4.78, 5) is 17.9. The molecule has 2 aromatic carbocycles. The van der Waals surface area contributed by atoms with Crippen molar-refractivity contribution < 1.29 is 4.74 Å². The van der Waals surface area contributed by atoms with Crippen molar-refractivity contribution >= 4 is 28.2 Å². The number of pyridine rings is 1. The normalized spacial score (nSPS) is 15.8. The van der Waals surface area contributed by atoms with Crippen LogP contribution in [0.25, 0.3) is 10.9 Å². The zero-order valence-corrected chi connectivity index (χ0v) is 18.7. The van der Waals surface area contributed by atoms with Gasteiger partial charge in [-0.05, 0) is 61.0 Å². The summed E-state index contributed by atoms with van der Waals surface area (Å²) in [5.74, 6) is 0. The topological polar surface area (TPSA) is 57.4 Å². The Morgan fingerprint density at radius 3 is 2.84 bits per heavy atom. The standard InChI is InChI=1S/C25H29N3O2S/c1-18-7-5-10-20-15-21(24(29)27-23(18)20)16-28(17-22-11-6-14-30-22)25(31)26-13-12-19-8-3-2-4-9-19/h2-5,7-10,15,22H,6,11-14,16-17H2,1H3,(H,26,31)(H,27,29)/t22-/m0/s1. The van der Waals surface area contributed by atoms with E-state index < -0.39 is 0 Å². The third kappa shape index (κ3) is 5.51. The summed E-state index contributed by atoms with van der Waals surface area (Å²) in [6.45, 7) is 4.69. The average molecular weight is 436 g/mol. The van der Waals surface area contributed by atoms with Crippen molar-refractivity contribution in [3.63, 3.8) is 0 Å². The van der Waals surface area contributed by atoms with Crippen molar-refractivity contribution in [2.75, 3.05) is 19.7 Å². The van der Waals surface area contributed by atoms with E-state index in [1.165, 1.54) is 5.56 Å². The first-order valence-corrected chi connectivity index (χ1v) is 11.3. The van der Waals surface area contributed by atoms with E-state index in [1.54, 1.807) is 0 Å². The van der Waals surface area contributed by atoms with Gasteiger partial charge in [-0.2, -0.15) is 0 Å². The second kappa shape index (κ2) is 10.1. The van der Waals surface area contributed by atoms with Crippen molar-refractivity contribution in [2.24, 2.45) is 0 Å². The van der Waals surface area contributed by atoms with Gasteiger partial charge in [0, 0.05) is 25.3 Å². The number of aromatic amines is 1. The minimum absolute atomic E-state index is 0.0637. The first-order valence-electron chi connectivity index (χ1n) is 10.9. The quantitative estimate of drug-likeness (QED) is 0.551. The van der Waals surface area contributed by atoms with Gasteiger partial charge in [0.2, 0.25) is 0 Å². The van der Waals surface area contributed by atoms with Gasteiger partial charge in [0.25, 0.3) is 5.56 Å². The number of fused-ring (bicyclic) bond motifs is 1. The fourth-order valence-electron chi connectivity index (χ4n) is 4.08. The van der Waals surface area contributed by atoms with Crippen LogP contribution in [0.4, 0.5) is 0 Å². The lowest BCUT2D eigenvalue weighted by atomic mass is 10.1. The van der Waals surface area contributed by atoms with Crippen LogP contribution in [0, 0.1) is 6.92 Å². The number of aromatic nitrogens is 1. The summed E-state index contributed by atoms with van der Waals surface area (Å²) in [5, 5.41) is 5.08. The predicted octanol–water partition coefficient (Wildman–Crippen LogP) is 3.93. The zero-order chi connectivity index (χ0) is 21.6. The Balaban J connectivity index is 1.49.